The second-order valence-corrected chi connectivity index (χ2v) is 16.2. The van der Waals surface area contributed by atoms with E-state index >= 15 is 0 Å². The van der Waals surface area contributed by atoms with Crippen LogP contribution in [0.5, 0.6) is 0 Å². The van der Waals surface area contributed by atoms with E-state index in [1.165, 1.54) is 64.2 Å². The molecule has 0 amide bonds. The molecule has 55 heavy (non-hydrogen) atoms. The number of hydrogen-bond acceptors (Lipinski definition) is 11. The van der Waals surface area contributed by atoms with E-state index in [0.717, 1.165) is 57.8 Å². The molecule has 13 heteroatoms. The van der Waals surface area contributed by atoms with Crippen LogP contribution in [-0.4, -0.2) is 96.0 Å². The van der Waals surface area contributed by atoms with Crippen LogP contribution in [0.3, 0.4) is 0 Å². The van der Waals surface area contributed by atoms with Crippen molar-refractivity contribution in [3.8, 4) is 0 Å². The molecule has 1 aliphatic heterocycles. The molecule has 0 radical (unpaired) electrons. The summed E-state index contributed by atoms with van der Waals surface area (Å²) in [4.78, 5) is 25.3. The smallest absolute Gasteiger partial charge is 0.306 e. The maximum atomic E-state index is 12.8. The first-order chi connectivity index (χ1) is 26.5. The third-order valence-corrected chi connectivity index (χ3v) is 10.3. The number of carbonyl (C=O) groups excluding carboxylic acids is 2. The van der Waals surface area contributed by atoms with Crippen molar-refractivity contribution in [1.82, 2.24) is 0 Å². The van der Waals surface area contributed by atoms with E-state index in [-0.39, 0.29) is 19.4 Å². The number of hydrogen-bond donors (Lipinski definition) is 4. The van der Waals surface area contributed by atoms with Crippen molar-refractivity contribution in [2.24, 2.45) is 0 Å². The number of esters is 2. The zero-order chi connectivity index (χ0) is 40.6. The lowest BCUT2D eigenvalue weighted by atomic mass is 10.00. The van der Waals surface area contributed by atoms with Crippen LogP contribution in [0.15, 0.2) is 36.5 Å². The van der Waals surface area contributed by atoms with Crippen LogP contribution in [-0.2, 0) is 38.7 Å². The fourth-order valence-corrected chi connectivity index (χ4v) is 6.96. The Bertz CT molecular complexity index is 1170. The minimum absolute atomic E-state index is 0.142. The Hall–Kier alpha value is -2.13. The molecule has 1 fully saturated rings. The summed E-state index contributed by atoms with van der Waals surface area (Å²) in [5, 5.41) is 30.8. The first kappa shape index (κ1) is 50.9. The van der Waals surface area contributed by atoms with Gasteiger partial charge in [0.15, 0.2) is 12.4 Å². The summed E-state index contributed by atoms with van der Waals surface area (Å²) in [7, 11) is -4.60. The molecule has 0 aliphatic carbocycles. The molecule has 1 rings (SSSR count). The molecule has 1 heterocycles. The van der Waals surface area contributed by atoms with Gasteiger partial charge in [0.05, 0.1) is 6.61 Å². The first-order valence-corrected chi connectivity index (χ1v) is 22.7. The number of aliphatic hydroxyl groups excluding tert-OH is 3. The van der Waals surface area contributed by atoms with Crippen molar-refractivity contribution in [2.45, 2.75) is 198 Å². The van der Waals surface area contributed by atoms with E-state index in [4.69, 9.17) is 18.9 Å². The minimum atomic E-state index is -4.60. The largest absolute Gasteiger partial charge is 0.462 e. The Morgan fingerprint density at radius 3 is 1.69 bits per heavy atom. The number of allylic oxidation sites excluding steroid dienone is 6. The Labute approximate surface area is 331 Å². The van der Waals surface area contributed by atoms with Crippen LogP contribution in [0.2, 0.25) is 0 Å². The lowest BCUT2D eigenvalue weighted by Crippen LogP contribution is -2.60. The highest BCUT2D eigenvalue weighted by molar-refractivity contribution is 7.85. The van der Waals surface area contributed by atoms with E-state index in [1.807, 2.05) is 24.3 Å². The predicted molar refractivity (Wildman–Crippen MR) is 215 cm³/mol. The number of ether oxygens (including phenoxy) is 4. The van der Waals surface area contributed by atoms with Gasteiger partial charge in [-0.25, -0.2) is 0 Å². The molecule has 6 atom stereocenters. The second kappa shape index (κ2) is 32.9. The van der Waals surface area contributed by atoms with Gasteiger partial charge in [-0.15, -0.1) is 0 Å². The van der Waals surface area contributed by atoms with Crippen molar-refractivity contribution in [1.29, 1.82) is 0 Å². The van der Waals surface area contributed by atoms with Gasteiger partial charge in [-0.2, -0.15) is 8.42 Å². The highest BCUT2D eigenvalue weighted by atomic mass is 32.2. The Kier molecular flexibility index (Phi) is 30.4. The highest BCUT2D eigenvalue weighted by Crippen LogP contribution is 2.24. The van der Waals surface area contributed by atoms with E-state index in [2.05, 4.69) is 26.0 Å². The molecule has 1 saturated heterocycles. The van der Waals surface area contributed by atoms with Gasteiger partial charge in [-0.3, -0.25) is 14.1 Å². The average molecular weight is 803 g/mol. The summed E-state index contributed by atoms with van der Waals surface area (Å²) in [6.07, 6.45) is 26.3. The second-order valence-electron chi connectivity index (χ2n) is 14.7. The summed E-state index contributed by atoms with van der Waals surface area (Å²) in [6, 6.07) is 0. The van der Waals surface area contributed by atoms with Gasteiger partial charge in [0, 0.05) is 12.8 Å². The normalized spacial score (nSPS) is 21.2. The van der Waals surface area contributed by atoms with Crippen LogP contribution in [0.4, 0.5) is 0 Å². The molecule has 0 aromatic carbocycles. The molecule has 0 spiro atoms. The number of carbonyl (C=O) groups is 2. The minimum Gasteiger partial charge on any atom is -0.462 e. The number of unbranched alkanes of at least 4 members (excludes halogenated alkanes) is 18. The molecule has 3 unspecified atom stereocenters. The van der Waals surface area contributed by atoms with E-state index in [1.54, 1.807) is 0 Å². The number of rotatable bonds is 34. The van der Waals surface area contributed by atoms with Crippen molar-refractivity contribution >= 4 is 22.1 Å². The molecule has 0 aromatic heterocycles. The van der Waals surface area contributed by atoms with E-state index < -0.39 is 71.2 Å². The molecular weight excluding hydrogens is 729 g/mol. The quantitative estimate of drug-likeness (QED) is 0.0214. The van der Waals surface area contributed by atoms with Gasteiger partial charge in [-0.05, 0) is 32.1 Å². The van der Waals surface area contributed by atoms with Crippen molar-refractivity contribution in [3.05, 3.63) is 36.5 Å². The van der Waals surface area contributed by atoms with Crippen LogP contribution < -0.4 is 0 Å². The first-order valence-electron chi connectivity index (χ1n) is 21.1. The zero-order valence-electron chi connectivity index (χ0n) is 33.8. The van der Waals surface area contributed by atoms with Crippen LogP contribution in [0.1, 0.15) is 162 Å². The molecule has 4 N–H and O–H groups in total. The molecule has 1 aliphatic rings. The van der Waals surface area contributed by atoms with Gasteiger partial charge >= 0.3 is 11.9 Å². The van der Waals surface area contributed by atoms with Gasteiger partial charge in [0.1, 0.15) is 36.8 Å². The Morgan fingerprint density at radius 1 is 0.636 bits per heavy atom. The van der Waals surface area contributed by atoms with Crippen LogP contribution in [0, 0.1) is 0 Å². The number of aliphatic hydroxyl groups is 3. The van der Waals surface area contributed by atoms with Crippen molar-refractivity contribution < 1.29 is 56.8 Å². The van der Waals surface area contributed by atoms with Crippen LogP contribution in [0.25, 0.3) is 0 Å². The fraction of sp³-hybridized carbons (Fsp3) is 0.810. The monoisotopic (exact) mass is 802 g/mol. The summed E-state index contributed by atoms with van der Waals surface area (Å²) in [5.74, 6) is -2.01. The molecule has 0 saturated carbocycles. The highest BCUT2D eigenvalue weighted by Gasteiger charge is 2.46. The summed E-state index contributed by atoms with van der Waals surface area (Å²) in [6.45, 7) is 3.60. The van der Waals surface area contributed by atoms with E-state index in [0.29, 0.717) is 12.8 Å². The van der Waals surface area contributed by atoms with Crippen LogP contribution >= 0.6 is 0 Å². The van der Waals surface area contributed by atoms with Crippen molar-refractivity contribution in [2.75, 3.05) is 19.0 Å². The Balaban J connectivity index is 2.49. The van der Waals surface area contributed by atoms with E-state index in [9.17, 15) is 37.9 Å². The average Bonchev–Trinajstić information content (AvgIpc) is 3.14. The predicted octanol–water partition coefficient (Wildman–Crippen LogP) is 7.83. The SMILES string of the molecule is CC/C=C/C=C/C=C/CCCCCCCC(=O)OC(COC(=O)CCCCCCCCCCCCCCCC)CO[C@H]1O[C@H](CS(=O)(=O)O)[C@@H](O)C(O)C1O. The third kappa shape index (κ3) is 28.0. The topological polar surface area (TPSA) is 186 Å². The summed E-state index contributed by atoms with van der Waals surface area (Å²) >= 11 is 0. The summed E-state index contributed by atoms with van der Waals surface area (Å²) < 4.78 is 53.9. The maximum absolute atomic E-state index is 12.8. The lowest BCUT2D eigenvalue weighted by Gasteiger charge is -2.40. The van der Waals surface area contributed by atoms with Gasteiger partial charge < -0.3 is 34.3 Å². The zero-order valence-corrected chi connectivity index (χ0v) is 34.6. The molecule has 0 bridgehead atoms. The Morgan fingerprint density at radius 2 is 1.15 bits per heavy atom. The van der Waals surface area contributed by atoms with Gasteiger partial charge in [-0.1, -0.05) is 153 Å². The fourth-order valence-electron chi connectivity index (χ4n) is 6.26. The molecule has 12 nitrogen and oxygen atoms in total. The van der Waals surface area contributed by atoms with Gasteiger partial charge in [0.2, 0.25) is 0 Å². The lowest BCUT2D eigenvalue weighted by molar-refractivity contribution is -0.297. The molecule has 0 aromatic rings. The van der Waals surface area contributed by atoms with Gasteiger partial charge in [0.25, 0.3) is 10.1 Å². The standard InChI is InChI=1S/C42H74O12S/c1-3-5-7-9-11-13-15-17-19-20-22-24-26-28-30-37(43)51-32-35(33-52-42-41(47)40(46)39(45)36(54-42)34-55(48,49)50)53-38(44)31-29-27-25-23-21-18-16-14-12-10-8-6-4-2/h6,8,10,12,14,16,35-36,39-42,45-47H,3-5,7,9,11,13,15,17-34H2,1-2H3,(H,48,49,50)/b8-6+,12-10+,16-14+/t35?,36-,39-,40?,41?,42+/m1/s1. The maximum Gasteiger partial charge on any atom is 0.306 e. The van der Waals surface area contributed by atoms with Crippen molar-refractivity contribution in [3.63, 3.8) is 0 Å². The molecule has 320 valence electrons. The third-order valence-electron chi connectivity index (χ3n) is 9.55. The summed E-state index contributed by atoms with van der Waals surface area (Å²) in [5.41, 5.74) is 0. The molecular formula is C42H74O12S.